The van der Waals surface area contributed by atoms with Crippen molar-refractivity contribution in [2.75, 3.05) is 13.2 Å². The summed E-state index contributed by atoms with van der Waals surface area (Å²) in [5.74, 6) is -5.05. The fraction of sp³-hybridized carbons (Fsp3) is 0.625. The molecule has 5 heteroatoms. The van der Waals surface area contributed by atoms with Gasteiger partial charge in [-0.3, -0.25) is 0 Å². The van der Waals surface area contributed by atoms with Gasteiger partial charge in [0, 0.05) is 0 Å². The summed E-state index contributed by atoms with van der Waals surface area (Å²) in [7, 11) is 0. The summed E-state index contributed by atoms with van der Waals surface area (Å²) in [6, 6.07) is 9.55. The van der Waals surface area contributed by atoms with Crippen LogP contribution in [0.1, 0.15) is 19.4 Å². The van der Waals surface area contributed by atoms with Gasteiger partial charge in [-0.15, -0.1) is 0 Å². The lowest BCUT2D eigenvalue weighted by Crippen LogP contribution is -2.23. The molecule has 1 aliphatic carbocycles. The average Bonchev–Trinajstić information content (AvgIpc) is 2.78. The van der Waals surface area contributed by atoms with E-state index in [1.807, 2.05) is 30.3 Å². The molecule has 0 radical (unpaired) electrons. The van der Waals surface area contributed by atoms with Gasteiger partial charge in [0.05, 0.1) is 37.8 Å². The number of halogens is 2. The first-order valence-electron chi connectivity index (χ1n) is 7.21. The number of rotatable bonds is 5. The minimum absolute atomic E-state index is 0.0485. The quantitative estimate of drug-likeness (QED) is 0.835. The maximum atomic E-state index is 13.9. The van der Waals surface area contributed by atoms with Crippen LogP contribution in [0.25, 0.3) is 0 Å². The molecule has 1 heterocycles. The van der Waals surface area contributed by atoms with Gasteiger partial charge >= 0.3 is 0 Å². The molecule has 116 valence electrons. The molecule has 0 N–H and O–H groups in total. The van der Waals surface area contributed by atoms with E-state index < -0.39 is 29.6 Å². The third-order valence-corrected chi connectivity index (χ3v) is 4.10. The van der Waals surface area contributed by atoms with Crippen molar-refractivity contribution in [2.45, 2.75) is 38.3 Å². The first-order chi connectivity index (χ1) is 9.90. The zero-order valence-electron chi connectivity index (χ0n) is 12.2. The Bertz CT molecular complexity index is 490. The minimum Gasteiger partial charge on any atom is -0.376 e. The summed E-state index contributed by atoms with van der Waals surface area (Å²) in [5, 5.41) is 0. The van der Waals surface area contributed by atoms with Crippen LogP contribution in [-0.2, 0) is 20.8 Å². The van der Waals surface area contributed by atoms with E-state index in [2.05, 4.69) is 0 Å². The SMILES string of the molecule is CC1(C)OC[C@H]([C@@H]2[C@@H](COCc3ccccc3)C2(F)F)O1. The maximum Gasteiger partial charge on any atom is 0.259 e. The Morgan fingerprint density at radius 2 is 1.95 bits per heavy atom. The highest BCUT2D eigenvalue weighted by molar-refractivity contribution is 5.14. The topological polar surface area (TPSA) is 27.7 Å². The lowest BCUT2D eigenvalue weighted by molar-refractivity contribution is -0.143. The number of ether oxygens (including phenoxy) is 3. The third-order valence-electron chi connectivity index (χ3n) is 4.10. The molecule has 0 spiro atoms. The molecular weight excluding hydrogens is 278 g/mol. The molecule has 1 saturated heterocycles. The number of alkyl halides is 2. The van der Waals surface area contributed by atoms with Crippen LogP contribution in [0.5, 0.6) is 0 Å². The average molecular weight is 298 g/mol. The van der Waals surface area contributed by atoms with E-state index in [1.165, 1.54) is 0 Å². The van der Waals surface area contributed by atoms with Crippen LogP contribution >= 0.6 is 0 Å². The van der Waals surface area contributed by atoms with Gasteiger partial charge in [-0.2, -0.15) is 0 Å². The zero-order chi connectivity index (χ0) is 15.1. The Morgan fingerprint density at radius 1 is 1.24 bits per heavy atom. The van der Waals surface area contributed by atoms with Gasteiger partial charge in [-0.1, -0.05) is 30.3 Å². The Balaban J connectivity index is 1.50. The van der Waals surface area contributed by atoms with Crippen LogP contribution in [-0.4, -0.2) is 31.0 Å². The first-order valence-corrected chi connectivity index (χ1v) is 7.21. The Labute approximate surface area is 123 Å². The van der Waals surface area contributed by atoms with Crippen LogP contribution in [0.15, 0.2) is 30.3 Å². The van der Waals surface area contributed by atoms with Gasteiger partial charge in [-0.05, 0) is 19.4 Å². The molecule has 2 fully saturated rings. The smallest absolute Gasteiger partial charge is 0.259 e. The van der Waals surface area contributed by atoms with Gasteiger partial charge in [-0.25, -0.2) is 8.78 Å². The largest absolute Gasteiger partial charge is 0.376 e. The molecule has 0 bridgehead atoms. The molecule has 21 heavy (non-hydrogen) atoms. The molecule has 1 aromatic carbocycles. The predicted octanol–water partition coefficient (Wildman–Crippen LogP) is 3.24. The van der Waals surface area contributed by atoms with Crippen LogP contribution in [0.2, 0.25) is 0 Å². The second kappa shape index (κ2) is 5.30. The molecule has 0 amide bonds. The highest BCUT2D eigenvalue weighted by Gasteiger charge is 2.72. The van der Waals surface area contributed by atoms with Crippen LogP contribution in [0.3, 0.4) is 0 Å². The third kappa shape index (κ3) is 3.10. The number of hydrogen-bond donors (Lipinski definition) is 0. The summed E-state index contributed by atoms with van der Waals surface area (Å²) in [6.07, 6.45) is -0.541. The molecule has 1 saturated carbocycles. The van der Waals surface area contributed by atoms with E-state index >= 15 is 0 Å². The van der Waals surface area contributed by atoms with Crippen molar-refractivity contribution < 1.29 is 23.0 Å². The monoisotopic (exact) mass is 298 g/mol. The van der Waals surface area contributed by atoms with E-state index in [0.717, 1.165) is 5.56 Å². The molecule has 1 aromatic rings. The molecule has 3 rings (SSSR count). The second-order valence-electron chi connectivity index (χ2n) is 6.17. The van der Waals surface area contributed by atoms with Crippen molar-refractivity contribution in [3.63, 3.8) is 0 Å². The van der Waals surface area contributed by atoms with E-state index in [1.54, 1.807) is 13.8 Å². The van der Waals surface area contributed by atoms with Gasteiger partial charge in [0.1, 0.15) is 0 Å². The summed E-state index contributed by atoms with van der Waals surface area (Å²) < 4.78 is 44.1. The second-order valence-corrected chi connectivity index (χ2v) is 6.17. The lowest BCUT2D eigenvalue weighted by Gasteiger charge is -2.16. The predicted molar refractivity (Wildman–Crippen MR) is 72.9 cm³/mol. The van der Waals surface area contributed by atoms with Crippen molar-refractivity contribution >= 4 is 0 Å². The Hall–Kier alpha value is -1.04. The van der Waals surface area contributed by atoms with E-state index in [0.29, 0.717) is 6.61 Å². The summed E-state index contributed by atoms with van der Waals surface area (Å²) >= 11 is 0. The van der Waals surface area contributed by atoms with Crippen molar-refractivity contribution in [2.24, 2.45) is 11.8 Å². The lowest BCUT2D eigenvalue weighted by atomic mass is 10.2. The normalized spacial score (nSPS) is 33.0. The Kier molecular flexibility index (Phi) is 3.76. The summed E-state index contributed by atoms with van der Waals surface area (Å²) in [5.41, 5.74) is 0.986. The van der Waals surface area contributed by atoms with Crippen LogP contribution < -0.4 is 0 Å². The highest BCUT2D eigenvalue weighted by Crippen LogP contribution is 2.59. The Morgan fingerprint density at radius 3 is 2.57 bits per heavy atom. The summed E-state index contributed by atoms with van der Waals surface area (Å²) in [6.45, 7) is 4.12. The van der Waals surface area contributed by atoms with E-state index in [4.69, 9.17) is 14.2 Å². The molecular formula is C16H20F2O3. The fourth-order valence-electron chi connectivity index (χ4n) is 2.91. The maximum absolute atomic E-state index is 13.9. The van der Waals surface area contributed by atoms with Gasteiger partial charge in [0.15, 0.2) is 5.79 Å². The molecule has 3 nitrogen and oxygen atoms in total. The zero-order valence-corrected chi connectivity index (χ0v) is 12.2. The summed E-state index contributed by atoms with van der Waals surface area (Å²) in [4.78, 5) is 0. The van der Waals surface area contributed by atoms with Gasteiger partial charge in [0.25, 0.3) is 5.92 Å². The molecule has 0 aromatic heterocycles. The van der Waals surface area contributed by atoms with Crippen LogP contribution in [0.4, 0.5) is 8.78 Å². The van der Waals surface area contributed by atoms with Gasteiger partial charge in [0.2, 0.25) is 0 Å². The van der Waals surface area contributed by atoms with E-state index in [-0.39, 0.29) is 13.2 Å². The van der Waals surface area contributed by atoms with Crippen molar-refractivity contribution in [3.05, 3.63) is 35.9 Å². The first kappa shape index (κ1) is 14.9. The van der Waals surface area contributed by atoms with Crippen molar-refractivity contribution in [1.29, 1.82) is 0 Å². The molecule has 1 aliphatic heterocycles. The van der Waals surface area contributed by atoms with Crippen molar-refractivity contribution in [1.82, 2.24) is 0 Å². The fourth-order valence-corrected chi connectivity index (χ4v) is 2.91. The molecule has 2 aliphatic rings. The number of benzene rings is 1. The highest BCUT2D eigenvalue weighted by atomic mass is 19.3. The molecule has 3 atom stereocenters. The van der Waals surface area contributed by atoms with Crippen molar-refractivity contribution in [3.8, 4) is 0 Å². The van der Waals surface area contributed by atoms with E-state index in [9.17, 15) is 8.78 Å². The van der Waals surface area contributed by atoms with Gasteiger partial charge < -0.3 is 14.2 Å². The number of hydrogen-bond acceptors (Lipinski definition) is 3. The standard InChI is InChI=1S/C16H20F2O3/c1-15(2)20-10-13(21-15)14-12(16(14,17)18)9-19-8-11-6-4-3-5-7-11/h3-7,12-14H,8-10H2,1-2H3/t12-,13-,14+/m1/s1. The minimum atomic E-state index is -2.72. The molecule has 0 unspecified atom stereocenters. The van der Waals surface area contributed by atoms with Crippen LogP contribution in [0, 0.1) is 11.8 Å².